The molecule has 2 nitrogen and oxygen atoms in total. The van der Waals surface area contributed by atoms with Crippen LogP contribution in [0.5, 0.6) is 0 Å². The second kappa shape index (κ2) is 4.42. The molecule has 2 aliphatic rings. The maximum Gasteiger partial charge on any atom is 0.100 e. The van der Waals surface area contributed by atoms with Crippen LogP contribution >= 0.6 is 11.3 Å². The van der Waals surface area contributed by atoms with Gasteiger partial charge in [-0.1, -0.05) is 19.3 Å². The Balaban J connectivity index is 1.80. The summed E-state index contributed by atoms with van der Waals surface area (Å²) in [5.74, 6) is 0.679. The van der Waals surface area contributed by atoms with Gasteiger partial charge in [0.1, 0.15) is 5.41 Å². The summed E-state index contributed by atoms with van der Waals surface area (Å²) in [6.45, 7) is 0. The molecule has 0 spiro atoms. The van der Waals surface area contributed by atoms with Crippen molar-refractivity contribution >= 4 is 11.3 Å². The molecule has 0 aromatic carbocycles. The minimum Gasteiger partial charge on any atom is -0.244 e. The van der Waals surface area contributed by atoms with Crippen molar-refractivity contribution < 1.29 is 0 Å². The van der Waals surface area contributed by atoms with Gasteiger partial charge in [-0.05, 0) is 32.1 Å². The zero-order valence-corrected chi connectivity index (χ0v) is 10.9. The van der Waals surface area contributed by atoms with Crippen LogP contribution in [0, 0.1) is 11.3 Å². The second-order valence-corrected chi connectivity index (χ2v) is 6.34. The van der Waals surface area contributed by atoms with E-state index in [1.807, 2.05) is 0 Å². The fourth-order valence-corrected chi connectivity index (χ4v) is 4.09. The van der Waals surface area contributed by atoms with Crippen LogP contribution in [0.25, 0.3) is 0 Å². The Bertz CT molecular complexity index is 433. The number of rotatable bonds is 2. The van der Waals surface area contributed by atoms with Crippen LogP contribution in [-0.4, -0.2) is 4.98 Å². The van der Waals surface area contributed by atoms with E-state index in [2.05, 4.69) is 11.4 Å². The molecule has 2 fully saturated rings. The van der Waals surface area contributed by atoms with E-state index in [-0.39, 0.29) is 5.41 Å². The first kappa shape index (κ1) is 11.2. The SMILES string of the molecule is N#CC1(c2csc(C3CCCCC3)n2)CCC1. The Morgan fingerprint density at radius 1 is 1.24 bits per heavy atom. The van der Waals surface area contributed by atoms with E-state index in [9.17, 15) is 5.26 Å². The van der Waals surface area contributed by atoms with Crippen molar-refractivity contribution in [1.29, 1.82) is 5.26 Å². The van der Waals surface area contributed by atoms with E-state index in [1.54, 1.807) is 11.3 Å². The number of aromatic nitrogens is 1. The van der Waals surface area contributed by atoms with Gasteiger partial charge in [0.25, 0.3) is 0 Å². The maximum absolute atomic E-state index is 9.32. The second-order valence-electron chi connectivity index (χ2n) is 5.45. The number of thiazole rings is 1. The normalized spacial score (nSPS) is 23.9. The molecule has 0 bridgehead atoms. The van der Waals surface area contributed by atoms with E-state index in [1.165, 1.54) is 43.5 Å². The first-order chi connectivity index (χ1) is 8.34. The Labute approximate surface area is 107 Å². The molecule has 1 aromatic rings. The maximum atomic E-state index is 9.32. The lowest BCUT2D eigenvalue weighted by molar-refractivity contribution is 0.316. The van der Waals surface area contributed by atoms with Crippen LogP contribution in [0.2, 0.25) is 0 Å². The molecule has 0 N–H and O–H groups in total. The molecule has 0 saturated heterocycles. The van der Waals surface area contributed by atoms with Gasteiger partial charge in [0, 0.05) is 11.3 Å². The molecule has 2 aliphatic carbocycles. The Kier molecular flexibility index (Phi) is 2.92. The van der Waals surface area contributed by atoms with Gasteiger partial charge in [-0.3, -0.25) is 0 Å². The van der Waals surface area contributed by atoms with Crippen LogP contribution < -0.4 is 0 Å². The predicted octanol–water partition coefficient (Wildman–Crippen LogP) is 4.14. The molecular weight excluding hydrogens is 228 g/mol. The lowest BCUT2D eigenvalue weighted by Crippen LogP contribution is -2.32. The summed E-state index contributed by atoms with van der Waals surface area (Å²) in [5, 5.41) is 12.8. The predicted molar refractivity (Wildman–Crippen MR) is 69.1 cm³/mol. The van der Waals surface area contributed by atoms with Gasteiger partial charge in [-0.15, -0.1) is 11.3 Å². The smallest absolute Gasteiger partial charge is 0.100 e. The molecule has 90 valence electrons. The van der Waals surface area contributed by atoms with Crippen molar-refractivity contribution in [1.82, 2.24) is 4.98 Å². The molecule has 0 radical (unpaired) electrons. The molecule has 2 saturated carbocycles. The van der Waals surface area contributed by atoms with Crippen molar-refractivity contribution in [2.75, 3.05) is 0 Å². The van der Waals surface area contributed by atoms with Gasteiger partial charge in [0.15, 0.2) is 0 Å². The zero-order valence-electron chi connectivity index (χ0n) is 10.1. The third kappa shape index (κ3) is 1.89. The summed E-state index contributed by atoms with van der Waals surface area (Å²) < 4.78 is 0. The highest BCUT2D eigenvalue weighted by Crippen LogP contribution is 2.44. The van der Waals surface area contributed by atoms with Gasteiger partial charge < -0.3 is 0 Å². The van der Waals surface area contributed by atoms with Crippen molar-refractivity contribution in [3.63, 3.8) is 0 Å². The highest BCUT2D eigenvalue weighted by molar-refractivity contribution is 7.09. The fraction of sp³-hybridized carbons (Fsp3) is 0.714. The molecule has 1 heterocycles. The first-order valence-corrected chi connectivity index (χ1v) is 7.59. The largest absolute Gasteiger partial charge is 0.244 e. The highest BCUT2D eigenvalue weighted by atomic mass is 32.1. The topological polar surface area (TPSA) is 36.7 Å². The summed E-state index contributed by atoms with van der Waals surface area (Å²) in [4.78, 5) is 4.79. The molecule has 17 heavy (non-hydrogen) atoms. The van der Waals surface area contributed by atoms with Crippen LogP contribution in [0.15, 0.2) is 5.38 Å². The summed E-state index contributed by atoms with van der Waals surface area (Å²) in [6.07, 6.45) is 9.89. The van der Waals surface area contributed by atoms with Crippen molar-refractivity contribution in [3.05, 3.63) is 16.1 Å². The standard InChI is InChI=1S/C14H18N2S/c15-10-14(7-4-8-14)12-9-17-13(16-12)11-5-2-1-3-6-11/h9,11H,1-8H2. The van der Waals surface area contributed by atoms with Gasteiger partial charge in [-0.2, -0.15) is 5.26 Å². The van der Waals surface area contributed by atoms with Crippen LogP contribution in [-0.2, 0) is 5.41 Å². The van der Waals surface area contributed by atoms with Crippen molar-refractivity contribution in [3.8, 4) is 6.07 Å². The van der Waals surface area contributed by atoms with Crippen molar-refractivity contribution in [2.24, 2.45) is 0 Å². The van der Waals surface area contributed by atoms with Gasteiger partial charge >= 0.3 is 0 Å². The molecule has 0 amide bonds. The minimum atomic E-state index is -0.219. The number of hydrogen-bond donors (Lipinski definition) is 0. The van der Waals surface area contributed by atoms with E-state index < -0.39 is 0 Å². The Morgan fingerprint density at radius 2 is 2.00 bits per heavy atom. The van der Waals surface area contributed by atoms with Crippen LogP contribution in [0.1, 0.15) is 68.0 Å². The van der Waals surface area contributed by atoms with Gasteiger partial charge in [0.05, 0.1) is 16.8 Å². The van der Waals surface area contributed by atoms with Gasteiger partial charge in [-0.25, -0.2) is 4.98 Å². The van der Waals surface area contributed by atoms with E-state index >= 15 is 0 Å². The fourth-order valence-electron chi connectivity index (χ4n) is 3.00. The average Bonchev–Trinajstić information content (AvgIpc) is 2.80. The Hall–Kier alpha value is -0.880. The summed E-state index contributed by atoms with van der Waals surface area (Å²) in [5.41, 5.74) is 0.848. The number of nitriles is 1. The molecule has 1 aromatic heterocycles. The number of nitrogens with zero attached hydrogens (tertiary/aromatic N) is 2. The lowest BCUT2D eigenvalue weighted by atomic mass is 9.68. The first-order valence-electron chi connectivity index (χ1n) is 6.71. The summed E-state index contributed by atoms with van der Waals surface area (Å²) in [7, 11) is 0. The van der Waals surface area contributed by atoms with E-state index in [4.69, 9.17) is 4.98 Å². The summed E-state index contributed by atoms with van der Waals surface area (Å²) >= 11 is 1.79. The molecular formula is C14H18N2S. The van der Waals surface area contributed by atoms with Crippen molar-refractivity contribution in [2.45, 2.75) is 62.7 Å². The monoisotopic (exact) mass is 246 g/mol. The molecule has 3 heteroatoms. The lowest BCUT2D eigenvalue weighted by Gasteiger charge is -2.33. The van der Waals surface area contributed by atoms with Crippen LogP contribution in [0.4, 0.5) is 0 Å². The minimum absolute atomic E-state index is 0.219. The van der Waals surface area contributed by atoms with Crippen LogP contribution in [0.3, 0.4) is 0 Å². The number of hydrogen-bond acceptors (Lipinski definition) is 3. The van der Waals surface area contributed by atoms with E-state index in [0.717, 1.165) is 18.5 Å². The third-order valence-electron chi connectivity index (χ3n) is 4.39. The molecule has 3 rings (SSSR count). The van der Waals surface area contributed by atoms with Gasteiger partial charge in [0.2, 0.25) is 0 Å². The highest BCUT2D eigenvalue weighted by Gasteiger charge is 2.41. The molecule has 0 aliphatic heterocycles. The van der Waals surface area contributed by atoms with E-state index in [0.29, 0.717) is 5.92 Å². The Morgan fingerprint density at radius 3 is 2.59 bits per heavy atom. The third-order valence-corrected chi connectivity index (χ3v) is 5.40. The average molecular weight is 246 g/mol. The molecule has 0 atom stereocenters. The molecule has 0 unspecified atom stereocenters. The zero-order chi connectivity index (χ0) is 11.7. The quantitative estimate of drug-likeness (QED) is 0.786. The summed E-state index contributed by atoms with van der Waals surface area (Å²) in [6, 6.07) is 2.49.